The number of aliphatic hydroxyl groups excluding tert-OH is 1. The van der Waals surface area contributed by atoms with Gasteiger partial charge in [0.1, 0.15) is 11.8 Å². The van der Waals surface area contributed by atoms with Crippen LogP contribution in [0.1, 0.15) is 24.6 Å². The lowest BCUT2D eigenvalue weighted by Crippen LogP contribution is -2.18. The van der Waals surface area contributed by atoms with Crippen molar-refractivity contribution < 1.29 is 5.11 Å². The van der Waals surface area contributed by atoms with Crippen LogP contribution in [0, 0.1) is 11.3 Å². The molecule has 0 amide bonds. The van der Waals surface area contributed by atoms with Gasteiger partial charge in [0.2, 0.25) is 0 Å². The van der Waals surface area contributed by atoms with Crippen LogP contribution in [0.15, 0.2) is 18.3 Å². The number of nitrogens with zero attached hydrogens (tertiary/aromatic N) is 2. The third kappa shape index (κ3) is 4.54. The number of nitriles is 1. The summed E-state index contributed by atoms with van der Waals surface area (Å²) in [6.45, 7) is 3.23. The van der Waals surface area contributed by atoms with Gasteiger partial charge in [0.05, 0.1) is 6.10 Å². The summed E-state index contributed by atoms with van der Waals surface area (Å²) in [6, 6.07) is 5.63. The number of rotatable bonds is 5. The third-order valence-electron chi connectivity index (χ3n) is 2.01. The predicted molar refractivity (Wildman–Crippen MR) is 57.0 cm³/mol. The van der Waals surface area contributed by atoms with Gasteiger partial charge in [-0.15, -0.1) is 0 Å². The molecule has 0 saturated carbocycles. The van der Waals surface area contributed by atoms with Crippen molar-refractivity contribution in [3.63, 3.8) is 0 Å². The summed E-state index contributed by atoms with van der Waals surface area (Å²) >= 11 is 0. The molecule has 4 heteroatoms. The Labute approximate surface area is 89.6 Å². The number of hydrogen-bond donors (Lipinski definition) is 2. The van der Waals surface area contributed by atoms with Gasteiger partial charge >= 0.3 is 0 Å². The highest BCUT2D eigenvalue weighted by atomic mass is 16.3. The lowest BCUT2D eigenvalue weighted by Gasteiger charge is -2.06. The van der Waals surface area contributed by atoms with Crippen molar-refractivity contribution in [3.05, 3.63) is 29.6 Å². The first-order valence-corrected chi connectivity index (χ1v) is 4.96. The van der Waals surface area contributed by atoms with E-state index in [0.717, 1.165) is 18.5 Å². The van der Waals surface area contributed by atoms with Gasteiger partial charge in [-0.1, -0.05) is 0 Å². The molecule has 0 bridgehead atoms. The Balaban J connectivity index is 2.35. The van der Waals surface area contributed by atoms with Crippen LogP contribution in [0.5, 0.6) is 0 Å². The number of aliphatic hydroxyl groups is 1. The summed E-state index contributed by atoms with van der Waals surface area (Å²) in [4.78, 5) is 3.89. The Morgan fingerprint density at radius 2 is 2.47 bits per heavy atom. The molecule has 4 nitrogen and oxygen atoms in total. The van der Waals surface area contributed by atoms with Gasteiger partial charge in [0, 0.05) is 12.7 Å². The Kier molecular flexibility index (Phi) is 4.75. The fraction of sp³-hybridized carbons (Fsp3) is 0.455. The zero-order valence-corrected chi connectivity index (χ0v) is 8.77. The van der Waals surface area contributed by atoms with Crippen molar-refractivity contribution in [1.82, 2.24) is 10.3 Å². The van der Waals surface area contributed by atoms with E-state index < -0.39 is 0 Å². The highest BCUT2D eigenvalue weighted by Gasteiger charge is 1.97. The Bertz CT molecular complexity index is 344. The highest BCUT2D eigenvalue weighted by molar-refractivity contribution is 5.25. The van der Waals surface area contributed by atoms with Gasteiger partial charge in [0.25, 0.3) is 0 Å². The second kappa shape index (κ2) is 6.12. The normalized spacial score (nSPS) is 12.1. The molecule has 0 aliphatic heterocycles. The van der Waals surface area contributed by atoms with E-state index in [1.165, 1.54) is 0 Å². The molecule has 1 aromatic rings. The van der Waals surface area contributed by atoms with E-state index in [1.807, 2.05) is 12.1 Å². The summed E-state index contributed by atoms with van der Waals surface area (Å²) < 4.78 is 0. The average molecular weight is 205 g/mol. The Hall–Kier alpha value is -1.44. The van der Waals surface area contributed by atoms with Crippen LogP contribution in [0.3, 0.4) is 0 Å². The van der Waals surface area contributed by atoms with Crippen molar-refractivity contribution >= 4 is 0 Å². The van der Waals surface area contributed by atoms with Gasteiger partial charge in [0.15, 0.2) is 0 Å². The van der Waals surface area contributed by atoms with E-state index in [0.29, 0.717) is 12.2 Å². The average Bonchev–Trinajstić information content (AvgIpc) is 2.24. The van der Waals surface area contributed by atoms with Crippen LogP contribution in [-0.2, 0) is 6.54 Å². The van der Waals surface area contributed by atoms with Crippen LogP contribution in [-0.4, -0.2) is 22.7 Å². The molecule has 1 rings (SSSR count). The van der Waals surface area contributed by atoms with Crippen molar-refractivity contribution in [1.29, 1.82) is 5.26 Å². The molecule has 1 aromatic heterocycles. The predicted octanol–water partition coefficient (Wildman–Crippen LogP) is 0.814. The van der Waals surface area contributed by atoms with Crippen molar-refractivity contribution in [2.45, 2.75) is 26.0 Å². The van der Waals surface area contributed by atoms with E-state index in [4.69, 9.17) is 10.4 Å². The molecular formula is C11H15N3O. The minimum atomic E-state index is -0.274. The lowest BCUT2D eigenvalue weighted by atomic mass is 10.2. The maximum absolute atomic E-state index is 9.04. The van der Waals surface area contributed by atoms with Crippen molar-refractivity contribution in [2.75, 3.05) is 6.54 Å². The van der Waals surface area contributed by atoms with E-state index >= 15 is 0 Å². The van der Waals surface area contributed by atoms with Gasteiger partial charge in [-0.2, -0.15) is 5.26 Å². The van der Waals surface area contributed by atoms with Crippen LogP contribution < -0.4 is 5.32 Å². The van der Waals surface area contributed by atoms with Crippen LogP contribution >= 0.6 is 0 Å². The molecule has 0 fully saturated rings. The first-order valence-electron chi connectivity index (χ1n) is 4.96. The first kappa shape index (κ1) is 11.6. The molecule has 1 atom stereocenters. The molecule has 0 radical (unpaired) electrons. The molecule has 0 aliphatic rings. The second-order valence-electron chi connectivity index (χ2n) is 3.48. The van der Waals surface area contributed by atoms with Crippen LogP contribution in [0.2, 0.25) is 0 Å². The fourth-order valence-corrected chi connectivity index (χ4v) is 1.19. The molecule has 0 saturated heterocycles. The van der Waals surface area contributed by atoms with E-state index in [-0.39, 0.29) is 6.10 Å². The lowest BCUT2D eigenvalue weighted by molar-refractivity contribution is 0.183. The van der Waals surface area contributed by atoms with Crippen LogP contribution in [0.4, 0.5) is 0 Å². The minimum Gasteiger partial charge on any atom is -0.393 e. The standard InChI is InChI=1S/C11H15N3O/c1-9(15)2-4-13-8-10-3-5-14-11(6-10)7-12/h3,5-6,9,13,15H,2,4,8H2,1H3. The largest absolute Gasteiger partial charge is 0.393 e. The Morgan fingerprint density at radius 3 is 3.13 bits per heavy atom. The Morgan fingerprint density at radius 1 is 1.67 bits per heavy atom. The van der Waals surface area contributed by atoms with Gasteiger partial charge < -0.3 is 10.4 Å². The molecule has 0 aliphatic carbocycles. The number of aromatic nitrogens is 1. The van der Waals surface area contributed by atoms with Crippen molar-refractivity contribution in [3.8, 4) is 6.07 Å². The smallest absolute Gasteiger partial charge is 0.140 e. The molecular weight excluding hydrogens is 190 g/mol. The van der Waals surface area contributed by atoms with E-state index in [2.05, 4.69) is 10.3 Å². The summed E-state index contributed by atoms with van der Waals surface area (Å²) in [5.74, 6) is 0. The van der Waals surface area contributed by atoms with E-state index in [1.54, 1.807) is 19.2 Å². The summed E-state index contributed by atoms with van der Waals surface area (Å²) in [6.07, 6.45) is 2.09. The number of pyridine rings is 1. The number of nitrogens with one attached hydrogen (secondary N) is 1. The van der Waals surface area contributed by atoms with Gasteiger partial charge in [-0.05, 0) is 37.6 Å². The monoisotopic (exact) mass is 205 g/mol. The van der Waals surface area contributed by atoms with Gasteiger partial charge in [-0.25, -0.2) is 4.98 Å². The first-order chi connectivity index (χ1) is 7.22. The molecule has 15 heavy (non-hydrogen) atoms. The third-order valence-corrected chi connectivity index (χ3v) is 2.01. The van der Waals surface area contributed by atoms with E-state index in [9.17, 15) is 0 Å². The number of hydrogen-bond acceptors (Lipinski definition) is 4. The summed E-state index contributed by atoms with van der Waals surface area (Å²) in [5, 5.41) is 20.9. The zero-order chi connectivity index (χ0) is 11.1. The second-order valence-corrected chi connectivity index (χ2v) is 3.48. The zero-order valence-electron chi connectivity index (χ0n) is 8.77. The highest BCUT2D eigenvalue weighted by Crippen LogP contribution is 2.00. The topological polar surface area (TPSA) is 68.9 Å². The molecule has 0 aromatic carbocycles. The van der Waals surface area contributed by atoms with Crippen LogP contribution in [0.25, 0.3) is 0 Å². The minimum absolute atomic E-state index is 0.274. The molecule has 80 valence electrons. The SMILES string of the molecule is CC(O)CCNCc1ccnc(C#N)c1. The molecule has 0 spiro atoms. The fourth-order valence-electron chi connectivity index (χ4n) is 1.19. The summed E-state index contributed by atoms with van der Waals surface area (Å²) in [7, 11) is 0. The maximum Gasteiger partial charge on any atom is 0.140 e. The molecule has 2 N–H and O–H groups in total. The quantitative estimate of drug-likeness (QED) is 0.698. The summed E-state index contributed by atoms with van der Waals surface area (Å²) in [5.41, 5.74) is 1.47. The van der Waals surface area contributed by atoms with Gasteiger partial charge in [-0.3, -0.25) is 0 Å². The molecule has 1 unspecified atom stereocenters. The van der Waals surface area contributed by atoms with Crippen molar-refractivity contribution in [2.24, 2.45) is 0 Å². The maximum atomic E-state index is 9.04. The molecule has 1 heterocycles.